The molecule has 17 heavy (non-hydrogen) atoms. The molecule has 0 radical (unpaired) electrons. The molecule has 2 N–H and O–H groups in total. The molecule has 0 fully saturated rings. The average molecular weight is 226 g/mol. The number of rotatable bonds is 2. The second kappa shape index (κ2) is 4.30. The third kappa shape index (κ3) is 2.13. The van der Waals surface area contributed by atoms with E-state index in [1.807, 2.05) is 16.9 Å². The second-order valence-corrected chi connectivity index (χ2v) is 4.22. The van der Waals surface area contributed by atoms with Gasteiger partial charge in [-0.05, 0) is 31.5 Å². The first-order chi connectivity index (χ1) is 8.11. The molecule has 0 bridgehead atoms. The van der Waals surface area contributed by atoms with Gasteiger partial charge >= 0.3 is 0 Å². The first-order valence-corrected chi connectivity index (χ1v) is 5.46. The molecule has 0 spiro atoms. The lowest BCUT2D eigenvalue weighted by molar-refractivity contribution is 0.532. The van der Waals surface area contributed by atoms with E-state index in [2.05, 4.69) is 25.0 Å². The predicted molar refractivity (Wildman–Crippen MR) is 67.2 cm³/mol. The molecule has 0 saturated carbocycles. The lowest BCUT2D eigenvalue weighted by Gasteiger charge is -2.04. The Morgan fingerprint density at radius 2 is 2.12 bits per heavy atom. The highest BCUT2D eigenvalue weighted by Crippen LogP contribution is 2.24. The van der Waals surface area contributed by atoms with Crippen molar-refractivity contribution in [1.29, 1.82) is 5.26 Å². The molecule has 0 amide bonds. The topological polar surface area (TPSA) is 67.6 Å². The van der Waals surface area contributed by atoms with Gasteiger partial charge in [0, 0.05) is 17.8 Å². The van der Waals surface area contributed by atoms with Gasteiger partial charge in [-0.25, -0.2) is 0 Å². The summed E-state index contributed by atoms with van der Waals surface area (Å²) >= 11 is 0. The zero-order valence-corrected chi connectivity index (χ0v) is 9.88. The summed E-state index contributed by atoms with van der Waals surface area (Å²) in [6.07, 6.45) is 3.78. The highest BCUT2D eigenvalue weighted by molar-refractivity contribution is 5.69. The third-order valence-corrected chi connectivity index (χ3v) is 2.64. The quantitative estimate of drug-likeness (QED) is 0.800. The van der Waals surface area contributed by atoms with Crippen molar-refractivity contribution in [2.75, 3.05) is 5.73 Å². The Bertz CT molecular complexity index is 575. The highest BCUT2D eigenvalue weighted by Gasteiger charge is 2.06. The molecule has 1 heterocycles. The van der Waals surface area contributed by atoms with Crippen LogP contribution in [0.15, 0.2) is 30.6 Å². The number of nitriles is 1. The van der Waals surface area contributed by atoms with Crippen molar-refractivity contribution in [2.45, 2.75) is 19.9 Å². The summed E-state index contributed by atoms with van der Waals surface area (Å²) in [5, 5.41) is 13.1. The van der Waals surface area contributed by atoms with Crippen LogP contribution in [0.4, 0.5) is 5.69 Å². The first kappa shape index (κ1) is 11.2. The van der Waals surface area contributed by atoms with Crippen molar-refractivity contribution in [3.05, 3.63) is 36.2 Å². The Morgan fingerprint density at radius 3 is 2.65 bits per heavy atom. The van der Waals surface area contributed by atoms with Gasteiger partial charge in [-0.2, -0.15) is 10.4 Å². The van der Waals surface area contributed by atoms with E-state index >= 15 is 0 Å². The summed E-state index contributed by atoms with van der Waals surface area (Å²) in [6, 6.07) is 7.81. The zero-order valence-electron chi connectivity index (χ0n) is 9.88. The van der Waals surface area contributed by atoms with Crippen LogP contribution in [-0.4, -0.2) is 9.78 Å². The van der Waals surface area contributed by atoms with Crippen LogP contribution in [0.1, 0.15) is 25.5 Å². The fourth-order valence-corrected chi connectivity index (χ4v) is 1.61. The van der Waals surface area contributed by atoms with Crippen LogP contribution in [-0.2, 0) is 0 Å². The van der Waals surface area contributed by atoms with E-state index in [-0.39, 0.29) is 0 Å². The maximum Gasteiger partial charge on any atom is 0.101 e. The van der Waals surface area contributed by atoms with Crippen LogP contribution in [0.2, 0.25) is 0 Å². The molecule has 0 atom stereocenters. The normalized spacial score (nSPS) is 10.5. The molecule has 4 heteroatoms. The van der Waals surface area contributed by atoms with Crippen LogP contribution in [0.25, 0.3) is 11.1 Å². The Kier molecular flexibility index (Phi) is 2.84. The monoisotopic (exact) mass is 226 g/mol. The van der Waals surface area contributed by atoms with E-state index in [4.69, 9.17) is 11.0 Å². The molecule has 2 aromatic rings. The molecule has 1 aromatic carbocycles. The number of nitrogens with two attached hydrogens (primary N) is 1. The van der Waals surface area contributed by atoms with Gasteiger partial charge in [0.15, 0.2) is 0 Å². The Labute approximate surface area is 100 Å². The van der Waals surface area contributed by atoms with Gasteiger partial charge in [0.25, 0.3) is 0 Å². The van der Waals surface area contributed by atoms with Gasteiger partial charge in [-0.15, -0.1) is 0 Å². The van der Waals surface area contributed by atoms with Crippen molar-refractivity contribution < 1.29 is 0 Å². The van der Waals surface area contributed by atoms with E-state index < -0.39 is 0 Å². The van der Waals surface area contributed by atoms with Crippen molar-refractivity contribution in [1.82, 2.24) is 9.78 Å². The number of hydrogen-bond donors (Lipinski definition) is 1. The number of benzene rings is 1. The summed E-state index contributed by atoms with van der Waals surface area (Å²) in [6.45, 7) is 4.15. The smallest absolute Gasteiger partial charge is 0.101 e. The molecule has 2 rings (SSSR count). The van der Waals surface area contributed by atoms with E-state index in [0.717, 1.165) is 11.1 Å². The van der Waals surface area contributed by atoms with E-state index in [1.165, 1.54) is 0 Å². The largest absolute Gasteiger partial charge is 0.398 e. The second-order valence-electron chi connectivity index (χ2n) is 4.22. The fraction of sp³-hybridized carbons (Fsp3) is 0.231. The lowest BCUT2D eigenvalue weighted by Crippen LogP contribution is -1.99. The lowest BCUT2D eigenvalue weighted by atomic mass is 10.1. The standard InChI is InChI=1S/C13H14N4/c1-9(2)17-8-12(7-16-17)10-3-4-11(6-14)13(15)5-10/h3-5,7-9H,15H2,1-2H3. The predicted octanol–water partition coefficient (Wildman–Crippen LogP) is 2.58. The fourth-order valence-electron chi connectivity index (χ4n) is 1.61. The highest BCUT2D eigenvalue weighted by atomic mass is 15.3. The van der Waals surface area contributed by atoms with E-state index in [1.54, 1.807) is 18.3 Å². The molecule has 1 aromatic heterocycles. The molecule has 0 unspecified atom stereocenters. The Balaban J connectivity index is 2.40. The third-order valence-electron chi connectivity index (χ3n) is 2.64. The number of hydrogen-bond acceptors (Lipinski definition) is 3. The van der Waals surface area contributed by atoms with Crippen LogP contribution in [0.3, 0.4) is 0 Å². The van der Waals surface area contributed by atoms with Gasteiger partial charge in [0.05, 0.1) is 17.4 Å². The minimum Gasteiger partial charge on any atom is -0.398 e. The Hall–Kier alpha value is -2.28. The van der Waals surface area contributed by atoms with Crippen LogP contribution in [0, 0.1) is 11.3 Å². The average Bonchev–Trinajstić information content (AvgIpc) is 2.78. The molecule has 0 saturated heterocycles. The van der Waals surface area contributed by atoms with E-state index in [9.17, 15) is 0 Å². The van der Waals surface area contributed by atoms with Gasteiger partial charge in [-0.3, -0.25) is 4.68 Å². The number of aromatic nitrogens is 2. The maximum absolute atomic E-state index is 8.81. The van der Waals surface area contributed by atoms with Crippen LogP contribution >= 0.6 is 0 Å². The molecule has 0 aliphatic rings. The van der Waals surface area contributed by atoms with Gasteiger partial charge in [-0.1, -0.05) is 6.07 Å². The summed E-state index contributed by atoms with van der Waals surface area (Å²) in [5.41, 5.74) is 8.78. The molecular weight excluding hydrogens is 212 g/mol. The van der Waals surface area contributed by atoms with Crippen molar-refractivity contribution in [3.8, 4) is 17.2 Å². The van der Waals surface area contributed by atoms with Crippen molar-refractivity contribution in [2.24, 2.45) is 0 Å². The molecule has 0 aliphatic carbocycles. The molecular formula is C13H14N4. The van der Waals surface area contributed by atoms with Crippen molar-refractivity contribution in [3.63, 3.8) is 0 Å². The van der Waals surface area contributed by atoms with E-state index in [0.29, 0.717) is 17.3 Å². The minimum atomic E-state index is 0.333. The Morgan fingerprint density at radius 1 is 1.35 bits per heavy atom. The molecule has 4 nitrogen and oxygen atoms in total. The molecule has 0 aliphatic heterocycles. The number of nitrogen functional groups attached to an aromatic ring is 1. The van der Waals surface area contributed by atoms with Gasteiger partial charge in [0.1, 0.15) is 6.07 Å². The number of anilines is 1. The summed E-state index contributed by atoms with van der Waals surface area (Å²) in [7, 11) is 0. The first-order valence-electron chi connectivity index (χ1n) is 5.46. The summed E-state index contributed by atoms with van der Waals surface area (Å²) in [4.78, 5) is 0. The molecule has 86 valence electrons. The summed E-state index contributed by atoms with van der Waals surface area (Å²) in [5.74, 6) is 0. The SMILES string of the molecule is CC(C)n1cc(-c2ccc(C#N)c(N)c2)cn1. The summed E-state index contributed by atoms with van der Waals surface area (Å²) < 4.78 is 1.89. The zero-order chi connectivity index (χ0) is 12.4. The van der Waals surface area contributed by atoms with Crippen LogP contribution in [0.5, 0.6) is 0 Å². The van der Waals surface area contributed by atoms with Gasteiger partial charge in [0.2, 0.25) is 0 Å². The maximum atomic E-state index is 8.81. The van der Waals surface area contributed by atoms with Gasteiger partial charge < -0.3 is 5.73 Å². The van der Waals surface area contributed by atoms with Crippen molar-refractivity contribution >= 4 is 5.69 Å². The number of nitrogens with zero attached hydrogens (tertiary/aromatic N) is 3. The van der Waals surface area contributed by atoms with Crippen LogP contribution < -0.4 is 5.73 Å². The minimum absolute atomic E-state index is 0.333.